The van der Waals surface area contributed by atoms with Crippen LogP contribution < -0.4 is 4.90 Å². The van der Waals surface area contributed by atoms with Gasteiger partial charge in [0.15, 0.2) is 0 Å². The predicted molar refractivity (Wildman–Crippen MR) is 60.0 cm³/mol. The van der Waals surface area contributed by atoms with Gasteiger partial charge in [0, 0.05) is 25.5 Å². The highest BCUT2D eigenvalue weighted by Gasteiger charge is 2.16. The van der Waals surface area contributed by atoms with Crippen molar-refractivity contribution in [2.24, 2.45) is 0 Å². The highest BCUT2D eigenvalue weighted by Crippen LogP contribution is 2.33. The first-order chi connectivity index (χ1) is 6.79. The van der Waals surface area contributed by atoms with E-state index in [9.17, 15) is 0 Å². The van der Waals surface area contributed by atoms with E-state index in [0.29, 0.717) is 10.0 Å². The summed E-state index contributed by atoms with van der Waals surface area (Å²) in [6, 6.07) is 0. The van der Waals surface area contributed by atoms with Crippen LogP contribution in [-0.4, -0.2) is 18.1 Å². The standard InChI is InChI=1S/C10H11Cl2N2/c11-8-6-13-7-9(12)10(8)14-4-2-1-3-5-14/h1,6-7H,2-5H2. The van der Waals surface area contributed by atoms with E-state index in [1.807, 2.05) is 0 Å². The predicted octanol–water partition coefficient (Wildman–Crippen LogP) is 3.19. The molecule has 0 atom stereocenters. The summed E-state index contributed by atoms with van der Waals surface area (Å²) in [7, 11) is 0. The minimum atomic E-state index is 0.638. The van der Waals surface area contributed by atoms with E-state index in [0.717, 1.165) is 31.6 Å². The van der Waals surface area contributed by atoms with Gasteiger partial charge in [-0.15, -0.1) is 0 Å². The highest BCUT2D eigenvalue weighted by atomic mass is 35.5. The molecule has 0 amide bonds. The van der Waals surface area contributed by atoms with Crippen LogP contribution in [0, 0.1) is 6.42 Å². The summed E-state index contributed by atoms with van der Waals surface area (Å²) in [5, 5.41) is 1.28. The summed E-state index contributed by atoms with van der Waals surface area (Å²) in [6.45, 7) is 1.98. The van der Waals surface area contributed by atoms with Gasteiger partial charge in [-0.05, 0) is 19.3 Å². The SMILES string of the molecule is Clc1cncc(Cl)c1N1CC[CH]CC1. The molecule has 0 spiro atoms. The number of rotatable bonds is 1. The molecule has 1 aromatic heterocycles. The second kappa shape index (κ2) is 4.37. The molecule has 0 aliphatic carbocycles. The van der Waals surface area contributed by atoms with Gasteiger partial charge >= 0.3 is 0 Å². The second-order valence-corrected chi connectivity index (χ2v) is 4.12. The van der Waals surface area contributed by atoms with Gasteiger partial charge in [0.25, 0.3) is 0 Å². The summed E-state index contributed by atoms with van der Waals surface area (Å²) in [4.78, 5) is 6.16. The monoisotopic (exact) mass is 229 g/mol. The lowest BCUT2D eigenvalue weighted by molar-refractivity contribution is 0.679. The summed E-state index contributed by atoms with van der Waals surface area (Å²) in [5.74, 6) is 0. The first-order valence-electron chi connectivity index (χ1n) is 4.64. The van der Waals surface area contributed by atoms with Crippen molar-refractivity contribution in [1.29, 1.82) is 0 Å². The van der Waals surface area contributed by atoms with E-state index in [1.54, 1.807) is 12.4 Å². The Morgan fingerprint density at radius 1 is 1.07 bits per heavy atom. The molecule has 1 saturated heterocycles. The van der Waals surface area contributed by atoms with Crippen LogP contribution >= 0.6 is 23.2 Å². The van der Waals surface area contributed by atoms with Gasteiger partial charge < -0.3 is 4.90 Å². The zero-order chi connectivity index (χ0) is 9.97. The van der Waals surface area contributed by atoms with Crippen molar-refractivity contribution in [3.05, 3.63) is 28.9 Å². The Morgan fingerprint density at radius 3 is 2.21 bits per heavy atom. The molecule has 4 heteroatoms. The van der Waals surface area contributed by atoms with Crippen LogP contribution in [0.1, 0.15) is 12.8 Å². The Bertz CT molecular complexity index is 302. The van der Waals surface area contributed by atoms with E-state index in [1.165, 1.54) is 0 Å². The molecule has 2 heterocycles. The van der Waals surface area contributed by atoms with Crippen LogP contribution in [0.3, 0.4) is 0 Å². The van der Waals surface area contributed by atoms with Gasteiger partial charge in [-0.1, -0.05) is 23.2 Å². The van der Waals surface area contributed by atoms with E-state index < -0.39 is 0 Å². The van der Waals surface area contributed by atoms with Crippen LogP contribution in [0.25, 0.3) is 0 Å². The summed E-state index contributed by atoms with van der Waals surface area (Å²) >= 11 is 12.1. The minimum Gasteiger partial charge on any atom is -0.369 e. The smallest absolute Gasteiger partial charge is 0.0838 e. The Hall–Kier alpha value is -0.470. The van der Waals surface area contributed by atoms with Crippen molar-refractivity contribution in [1.82, 2.24) is 4.98 Å². The van der Waals surface area contributed by atoms with E-state index >= 15 is 0 Å². The van der Waals surface area contributed by atoms with Gasteiger partial charge in [-0.2, -0.15) is 0 Å². The lowest BCUT2D eigenvalue weighted by Crippen LogP contribution is -2.30. The van der Waals surface area contributed by atoms with Gasteiger partial charge in [0.05, 0.1) is 15.7 Å². The average Bonchev–Trinajstić information content (AvgIpc) is 2.19. The molecule has 2 rings (SSSR count). The fraction of sp³-hybridized carbons (Fsp3) is 0.400. The highest BCUT2D eigenvalue weighted by molar-refractivity contribution is 6.38. The number of anilines is 1. The van der Waals surface area contributed by atoms with E-state index in [-0.39, 0.29) is 0 Å². The molecule has 0 aromatic carbocycles. The number of nitrogens with zero attached hydrogens (tertiary/aromatic N) is 2. The molecule has 1 aromatic rings. The molecule has 0 unspecified atom stereocenters. The molecule has 75 valence electrons. The summed E-state index contributed by atoms with van der Waals surface area (Å²) in [6.07, 6.45) is 7.76. The number of aromatic nitrogens is 1. The van der Waals surface area contributed by atoms with Crippen LogP contribution in [0.2, 0.25) is 10.0 Å². The van der Waals surface area contributed by atoms with Crippen molar-refractivity contribution in [2.75, 3.05) is 18.0 Å². The van der Waals surface area contributed by atoms with Crippen LogP contribution in [0.4, 0.5) is 5.69 Å². The molecular formula is C10H11Cl2N2. The topological polar surface area (TPSA) is 16.1 Å². The van der Waals surface area contributed by atoms with Crippen molar-refractivity contribution >= 4 is 28.9 Å². The molecule has 0 N–H and O–H groups in total. The maximum atomic E-state index is 6.06. The average molecular weight is 230 g/mol. The third-order valence-electron chi connectivity index (χ3n) is 2.35. The zero-order valence-corrected chi connectivity index (χ0v) is 9.22. The van der Waals surface area contributed by atoms with Crippen molar-refractivity contribution in [2.45, 2.75) is 12.8 Å². The maximum absolute atomic E-state index is 6.06. The van der Waals surface area contributed by atoms with Crippen LogP contribution in [0.5, 0.6) is 0 Å². The van der Waals surface area contributed by atoms with E-state index in [2.05, 4.69) is 16.3 Å². The Kier molecular flexibility index (Phi) is 3.14. The van der Waals surface area contributed by atoms with Crippen LogP contribution in [0.15, 0.2) is 12.4 Å². The van der Waals surface area contributed by atoms with Crippen molar-refractivity contribution < 1.29 is 0 Å². The zero-order valence-electron chi connectivity index (χ0n) is 7.71. The number of hydrogen-bond donors (Lipinski definition) is 0. The molecule has 1 fully saturated rings. The number of hydrogen-bond acceptors (Lipinski definition) is 2. The quantitative estimate of drug-likeness (QED) is 0.736. The molecule has 2 nitrogen and oxygen atoms in total. The largest absolute Gasteiger partial charge is 0.369 e. The first-order valence-corrected chi connectivity index (χ1v) is 5.40. The normalized spacial score (nSPS) is 17.1. The molecule has 1 aliphatic heterocycles. The van der Waals surface area contributed by atoms with Gasteiger partial charge in [-0.3, -0.25) is 4.98 Å². The van der Waals surface area contributed by atoms with Gasteiger partial charge in [0.1, 0.15) is 0 Å². The Morgan fingerprint density at radius 2 is 1.64 bits per heavy atom. The second-order valence-electron chi connectivity index (χ2n) is 3.30. The van der Waals surface area contributed by atoms with Crippen molar-refractivity contribution in [3.8, 4) is 0 Å². The fourth-order valence-electron chi connectivity index (χ4n) is 1.68. The summed E-state index contributed by atoms with van der Waals surface area (Å²) in [5.41, 5.74) is 0.927. The third-order valence-corrected chi connectivity index (χ3v) is 2.90. The van der Waals surface area contributed by atoms with Gasteiger partial charge in [-0.25, -0.2) is 0 Å². The lowest BCUT2D eigenvalue weighted by atomic mass is 10.1. The third kappa shape index (κ3) is 1.96. The number of pyridine rings is 1. The first kappa shape index (κ1) is 10.1. The Labute approximate surface area is 93.8 Å². The molecule has 0 bridgehead atoms. The molecule has 14 heavy (non-hydrogen) atoms. The van der Waals surface area contributed by atoms with Crippen LogP contribution in [-0.2, 0) is 0 Å². The molecule has 1 radical (unpaired) electrons. The maximum Gasteiger partial charge on any atom is 0.0838 e. The number of halogens is 2. The van der Waals surface area contributed by atoms with E-state index in [4.69, 9.17) is 23.2 Å². The molecule has 1 aliphatic rings. The molecular weight excluding hydrogens is 219 g/mol. The Balaban J connectivity index is 2.29. The summed E-state index contributed by atoms with van der Waals surface area (Å²) < 4.78 is 0. The van der Waals surface area contributed by atoms with Gasteiger partial charge in [0.2, 0.25) is 0 Å². The number of piperidine rings is 1. The molecule has 0 saturated carbocycles. The minimum absolute atomic E-state index is 0.638. The van der Waals surface area contributed by atoms with Crippen molar-refractivity contribution in [3.63, 3.8) is 0 Å². The lowest BCUT2D eigenvalue weighted by Gasteiger charge is -2.29. The fourth-order valence-corrected chi connectivity index (χ4v) is 2.28.